The van der Waals surface area contributed by atoms with E-state index in [4.69, 9.17) is 16.0 Å². The molecule has 0 saturated carbocycles. The summed E-state index contributed by atoms with van der Waals surface area (Å²) in [4.78, 5) is 14.6. The minimum absolute atomic E-state index is 0.209. The van der Waals surface area contributed by atoms with Crippen LogP contribution in [0.4, 0.5) is 5.69 Å². The van der Waals surface area contributed by atoms with Crippen molar-refractivity contribution in [1.29, 1.82) is 0 Å². The Morgan fingerprint density at radius 3 is 2.11 bits per heavy atom. The summed E-state index contributed by atoms with van der Waals surface area (Å²) in [7, 11) is 0. The van der Waals surface area contributed by atoms with Crippen LogP contribution in [0.15, 0.2) is 61.2 Å². The van der Waals surface area contributed by atoms with Gasteiger partial charge in [0.05, 0.1) is 26.2 Å². The maximum atomic E-state index is 11.2. The van der Waals surface area contributed by atoms with Crippen LogP contribution in [0.1, 0.15) is 32.1 Å². The molecule has 0 radical (unpaired) electrons. The van der Waals surface area contributed by atoms with E-state index in [0.717, 1.165) is 42.6 Å². The van der Waals surface area contributed by atoms with Gasteiger partial charge in [-0.2, -0.15) is 0 Å². The van der Waals surface area contributed by atoms with Crippen molar-refractivity contribution >= 4 is 11.7 Å². The highest BCUT2D eigenvalue weighted by atomic mass is 16.5. The summed E-state index contributed by atoms with van der Waals surface area (Å²) < 4.78 is 10.8. The van der Waals surface area contributed by atoms with Gasteiger partial charge in [0.2, 0.25) is 0 Å². The Balaban J connectivity index is 1.62. The minimum Gasteiger partial charge on any atom is -0.494 e. The van der Waals surface area contributed by atoms with Gasteiger partial charge in [-0.15, -0.1) is 6.58 Å². The number of esters is 1. The van der Waals surface area contributed by atoms with Crippen LogP contribution in [0.5, 0.6) is 5.75 Å². The molecule has 0 aliphatic rings. The summed E-state index contributed by atoms with van der Waals surface area (Å²) in [5, 5.41) is 0. The predicted octanol–water partition coefficient (Wildman–Crippen LogP) is 5.96. The number of hydrogen-bond acceptors (Lipinski definition) is 3. The van der Waals surface area contributed by atoms with Crippen molar-refractivity contribution in [1.82, 2.24) is 0 Å². The largest absolute Gasteiger partial charge is 0.494 e. The normalized spacial score (nSPS) is 10.0. The first kappa shape index (κ1) is 20.3. The molecule has 140 valence electrons. The number of nitrogens with zero attached hydrogens (tertiary/aromatic N) is 1. The van der Waals surface area contributed by atoms with Crippen LogP contribution in [-0.4, -0.2) is 19.2 Å². The van der Waals surface area contributed by atoms with Gasteiger partial charge in [0.15, 0.2) is 5.69 Å². The lowest BCUT2D eigenvalue weighted by atomic mass is 10.1. The smallest absolute Gasteiger partial charge is 0.309 e. The van der Waals surface area contributed by atoms with E-state index in [1.165, 1.54) is 0 Å². The third-order valence-corrected chi connectivity index (χ3v) is 4.07. The number of hydrogen-bond donors (Lipinski definition) is 0. The summed E-state index contributed by atoms with van der Waals surface area (Å²) in [5.41, 5.74) is 2.83. The number of carbonyl (C=O) groups excluding carboxylic acids is 1. The molecular weight excluding hydrogens is 338 g/mol. The predicted molar refractivity (Wildman–Crippen MR) is 108 cm³/mol. The molecule has 0 aliphatic heterocycles. The van der Waals surface area contributed by atoms with Crippen LogP contribution in [0, 0.1) is 6.57 Å². The van der Waals surface area contributed by atoms with Crippen LogP contribution >= 0.6 is 0 Å². The molecule has 0 fully saturated rings. The van der Waals surface area contributed by atoms with Gasteiger partial charge in [-0.1, -0.05) is 42.5 Å². The van der Waals surface area contributed by atoms with Crippen molar-refractivity contribution < 1.29 is 14.3 Å². The zero-order valence-electron chi connectivity index (χ0n) is 15.5. The zero-order chi connectivity index (χ0) is 19.3. The first-order valence-corrected chi connectivity index (χ1v) is 9.20. The zero-order valence-corrected chi connectivity index (χ0v) is 15.5. The van der Waals surface area contributed by atoms with E-state index >= 15 is 0 Å². The molecule has 0 unspecified atom stereocenters. The monoisotopic (exact) mass is 363 g/mol. The first-order valence-electron chi connectivity index (χ1n) is 9.20. The third kappa shape index (κ3) is 7.37. The number of carbonyl (C=O) groups is 1. The molecule has 0 spiro atoms. The number of benzene rings is 2. The average Bonchev–Trinajstić information content (AvgIpc) is 2.71. The van der Waals surface area contributed by atoms with E-state index in [2.05, 4.69) is 11.4 Å². The van der Waals surface area contributed by atoms with Gasteiger partial charge in [-0.25, -0.2) is 4.85 Å². The standard InChI is InChI=1S/C23H25NO3/c1-3-8-23(25)27-18-7-5-4-6-17-26-22-15-11-20(12-16-22)19-9-13-21(24-2)14-10-19/h3,9-16H,1,4-8,17-18H2. The van der Waals surface area contributed by atoms with E-state index in [-0.39, 0.29) is 12.4 Å². The molecule has 0 bridgehead atoms. The quantitative estimate of drug-likeness (QED) is 0.214. The fourth-order valence-electron chi connectivity index (χ4n) is 2.58. The topological polar surface area (TPSA) is 39.9 Å². The van der Waals surface area contributed by atoms with Crippen LogP contribution in [0.3, 0.4) is 0 Å². The lowest BCUT2D eigenvalue weighted by molar-refractivity contribution is -0.142. The van der Waals surface area contributed by atoms with Gasteiger partial charge >= 0.3 is 5.97 Å². The van der Waals surface area contributed by atoms with Gasteiger partial charge < -0.3 is 9.47 Å². The summed E-state index contributed by atoms with van der Waals surface area (Å²) in [5.74, 6) is 0.647. The number of rotatable bonds is 11. The molecule has 0 atom stereocenters. The number of unbranched alkanes of at least 4 members (excludes halogenated alkanes) is 3. The maximum absolute atomic E-state index is 11.2. The molecule has 4 nitrogen and oxygen atoms in total. The van der Waals surface area contributed by atoms with Crippen molar-refractivity contribution in [2.45, 2.75) is 32.1 Å². The van der Waals surface area contributed by atoms with E-state index in [1.807, 2.05) is 48.5 Å². The SMILES string of the molecule is [C-]#[N+]c1ccc(-c2ccc(OCCCCCCOC(=O)CC=C)cc2)cc1. The third-order valence-electron chi connectivity index (χ3n) is 4.07. The second-order valence-electron chi connectivity index (χ2n) is 6.16. The first-order chi connectivity index (χ1) is 13.2. The second-order valence-corrected chi connectivity index (χ2v) is 6.16. The Labute approximate surface area is 161 Å². The molecule has 2 aromatic carbocycles. The van der Waals surface area contributed by atoms with E-state index in [1.54, 1.807) is 6.08 Å². The molecule has 0 heterocycles. The highest BCUT2D eigenvalue weighted by molar-refractivity contribution is 5.70. The Morgan fingerprint density at radius 2 is 1.52 bits per heavy atom. The van der Waals surface area contributed by atoms with Gasteiger partial charge in [-0.3, -0.25) is 4.79 Å². The van der Waals surface area contributed by atoms with Crippen molar-refractivity contribution in [2.75, 3.05) is 13.2 Å². The highest BCUT2D eigenvalue weighted by Gasteiger charge is 2.01. The molecule has 0 aromatic heterocycles. The molecule has 27 heavy (non-hydrogen) atoms. The molecule has 4 heteroatoms. The maximum Gasteiger partial charge on any atom is 0.309 e. The summed E-state index contributed by atoms with van der Waals surface area (Å²) in [6.45, 7) is 11.7. The van der Waals surface area contributed by atoms with Crippen molar-refractivity contribution in [3.63, 3.8) is 0 Å². The van der Waals surface area contributed by atoms with Crippen LogP contribution in [0.2, 0.25) is 0 Å². The van der Waals surface area contributed by atoms with Gasteiger partial charge in [0, 0.05) is 0 Å². The van der Waals surface area contributed by atoms with Gasteiger partial charge in [-0.05, 0) is 48.9 Å². The van der Waals surface area contributed by atoms with E-state index in [9.17, 15) is 4.79 Å². The molecule has 2 rings (SSSR count). The summed E-state index contributed by atoms with van der Waals surface area (Å²) in [6.07, 6.45) is 5.75. The van der Waals surface area contributed by atoms with Crippen LogP contribution in [0.25, 0.3) is 16.0 Å². The van der Waals surface area contributed by atoms with Crippen molar-refractivity contribution in [3.05, 3.63) is 72.6 Å². The number of ether oxygens (including phenoxy) is 2. The average molecular weight is 363 g/mol. The Morgan fingerprint density at radius 1 is 0.926 bits per heavy atom. The van der Waals surface area contributed by atoms with Crippen LogP contribution in [-0.2, 0) is 9.53 Å². The van der Waals surface area contributed by atoms with Gasteiger partial charge in [0.25, 0.3) is 0 Å². The van der Waals surface area contributed by atoms with E-state index < -0.39 is 0 Å². The van der Waals surface area contributed by atoms with Crippen molar-refractivity contribution in [3.8, 4) is 16.9 Å². The van der Waals surface area contributed by atoms with Crippen molar-refractivity contribution in [2.24, 2.45) is 0 Å². The summed E-state index contributed by atoms with van der Waals surface area (Å²) >= 11 is 0. The molecular formula is C23H25NO3. The molecule has 0 N–H and O–H groups in total. The van der Waals surface area contributed by atoms with Crippen LogP contribution < -0.4 is 4.74 Å². The Kier molecular flexibility index (Phi) is 8.65. The Bertz CT molecular complexity index is 758. The molecule has 0 saturated heterocycles. The van der Waals surface area contributed by atoms with Gasteiger partial charge in [0.1, 0.15) is 5.75 Å². The second kappa shape index (κ2) is 11.5. The fourth-order valence-corrected chi connectivity index (χ4v) is 2.58. The minimum atomic E-state index is -0.209. The lowest BCUT2D eigenvalue weighted by Gasteiger charge is -2.08. The van der Waals surface area contributed by atoms with E-state index in [0.29, 0.717) is 18.9 Å². The molecule has 2 aromatic rings. The fraction of sp³-hybridized carbons (Fsp3) is 0.304. The highest BCUT2D eigenvalue weighted by Crippen LogP contribution is 2.24. The molecule has 0 amide bonds. The molecule has 0 aliphatic carbocycles. The lowest BCUT2D eigenvalue weighted by Crippen LogP contribution is -2.04. The Hall–Kier alpha value is -3.06. The summed E-state index contributed by atoms with van der Waals surface area (Å²) in [6, 6.07) is 15.6.